The van der Waals surface area contributed by atoms with Crippen molar-refractivity contribution in [3.05, 3.63) is 11.8 Å². The highest BCUT2D eigenvalue weighted by Crippen LogP contribution is 2.30. The summed E-state index contributed by atoms with van der Waals surface area (Å²) in [6.07, 6.45) is 0.539. The largest absolute Gasteiger partial charge is 0.472 e. The second kappa shape index (κ2) is 3.98. The molecule has 0 saturated heterocycles. The number of halogens is 1. The van der Waals surface area contributed by atoms with Gasteiger partial charge in [0.05, 0.1) is 5.56 Å². The molecule has 0 aromatic carbocycles. The van der Waals surface area contributed by atoms with E-state index in [1.54, 1.807) is 0 Å². The molecule has 0 N–H and O–H groups in total. The summed E-state index contributed by atoms with van der Waals surface area (Å²) in [7, 11) is 0. The Labute approximate surface area is 83.2 Å². The Morgan fingerprint density at radius 2 is 2.21 bits per heavy atom. The van der Waals surface area contributed by atoms with Crippen LogP contribution in [0.25, 0.3) is 0 Å². The summed E-state index contributed by atoms with van der Waals surface area (Å²) in [5.41, 5.74) is 0.757. The highest BCUT2D eigenvalue weighted by atomic mass is 19.1. The molecule has 14 heavy (non-hydrogen) atoms. The normalized spacial score (nSPS) is 14.1. The molecule has 1 rings (SSSR count). The summed E-state index contributed by atoms with van der Waals surface area (Å²) in [6.45, 7) is 7.51. The molecular formula is C10H16FNO2. The second-order valence-corrected chi connectivity index (χ2v) is 4.38. The average Bonchev–Trinajstić information content (AvgIpc) is 2.46. The summed E-state index contributed by atoms with van der Waals surface area (Å²) in [5, 5.41) is 3.69. The van der Waals surface area contributed by atoms with Gasteiger partial charge in [0, 0.05) is 0 Å². The molecule has 1 atom stereocenters. The smallest absolute Gasteiger partial charge is 0.257 e. The van der Waals surface area contributed by atoms with E-state index < -0.39 is 6.17 Å². The summed E-state index contributed by atoms with van der Waals surface area (Å²) in [6, 6.07) is 0. The standard InChI is InChI=1S/C10H16FNO2/c1-7(11)5-13-9-8(6-14-12-9)10(2,3)4/h6-7H,5H2,1-4H3. The van der Waals surface area contributed by atoms with E-state index in [4.69, 9.17) is 9.26 Å². The third-order valence-electron chi connectivity index (χ3n) is 1.79. The third kappa shape index (κ3) is 2.72. The van der Waals surface area contributed by atoms with Crippen molar-refractivity contribution in [2.24, 2.45) is 0 Å². The first kappa shape index (κ1) is 11.0. The maximum atomic E-state index is 12.5. The third-order valence-corrected chi connectivity index (χ3v) is 1.79. The molecule has 0 spiro atoms. The maximum Gasteiger partial charge on any atom is 0.257 e. The van der Waals surface area contributed by atoms with Gasteiger partial charge in [0.2, 0.25) is 0 Å². The van der Waals surface area contributed by atoms with Crippen LogP contribution in [-0.2, 0) is 5.41 Å². The zero-order chi connectivity index (χ0) is 10.8. The van der Waals surface area contributed by atoms with Gasteiger partial charge in [-0.25, -0.2) is 4.39 Å². The van der Waals surface area contributed by atoms with Gasteiger partial charge in [-0.15, -0.1) is 0 Å². The van der Waals surface area contributed by atoms with Gasteiger partial charge in [-0.2, -0.15) is 0 Å². The van der Waals surface area contributed by atoms with Crippen molar-refractivity contribution in [1.29, 1.82) is 0 Å². The minimum Gasteiger partial charge on any atom is -0.472 e. The van der Waals surface area contributed by atoms with Crippen molar-refractivity contribution >= 4 is 0 Å². The Kier molecular flexibility index (Phi) is 3.13. The number of hydrogen-bond acceptors (Lipinski definition) is 3. The van der Waals surface area contributed by atoms with E-state index in [1.807, 2.05) is 20.8 Å². The summed E-state index contributed by atoms with van der Waals surface area (Å²) in [4.78, 5) is 0. The van der Waals surface area contributed by atoms with Crippen LogP contribution < -0.4 is 4.74 Å². The highest BCUT2D eigenvalue weighted by Gasteiger charge is 2.23. The number of nitrogens with zero attached hydrogens (tertiary/aromatic N) is 1. The highest BCUT2D eigenvalue weighted by molar-refractivity contribution is 5.28. The second-order valence-electron chi connectivity index (χ2n) is 4.38. The molecule has 80 valence electrons. The van der Waals surface area contributed by atoms with Crippen LogP contribution in [0.15, 0.2) is 10.8 Å². The Morgan fingerprint density at radius 3 is 2.71 bits per heavy atom. The van der Waals surface area contributed by atoms with Gasteiger partial charge in [0.1, 0.15) is 19.0 Å². The lowest BCUT2D eigenvalue weighted by Gasteiger charge is -2.16. The van der Waals surface area contributed by atoms with E-state index in [9.17, 15) is 4.39 Å². The van der Waals surface area contributed by atoms with E-state index in [2.05, 4.69) is 5.16 Å². The SMILES string of the molecule is CC(F)COc1nocc1C(C)(C)C. The Hall–Kier alpha value is -1.06. The molecule has 1 aromatic rings. The van der Waals surface area contributed by atoms with Crippen molar-refractivity contribution in [2.45, 2.75) is 39.3 Å². The molecular weight excluding hydrogens is 185 g/mol. The molecule has 1 heterocycles. The number of aromatic nitrogens is 1. The first-order chi connectivity index (χ1) is 6.41. The van der Waals surface area contributed by atoms with Crippen molar-refractivity contribution in [2.75, 3.05) is 6.61 Å². The molecule has 1 aromatic heterocycles. The monoisotopic (exact) mass is 201 g/mol. The molecule has 0 fully saturated rings. The predicted molar refractivity (Wildman–Crippen MR) is 51.3 cm³/mol. The first-order valence-corrected chi connectivity index (χ1v) is 4.63. The molecule has 0 saturated carbocycles. The molecule has 4 heteroatoms. The van der Waals surface area contributed by atoms with Gasteiger partial charge in [-0.3, -0.25) is 0 Å². The van der Waals surface area contributed by atoms with Crippen LogP contribution in [0.4, 0.5) is 4.39 Å². The number of hydrogen-bond donors (Lipinski definition) is 0. The van der Waals surface area contributed by atoms with Crippen LogP contribution >= 0.6 is 0 Å². The van der Waals surface area contributed by atoms with Crippen molar-refractivity contribution in [3.63, 3.8) is 0 Å². The first-order valence-electron chi connectivity index (χ1n) is 4.63. The zero-order valence-corrected chi connectivity index (χ0v) is 9.00. The van der Waals surface area contributed by atoms with E-state index in [0.29, 0.717) is 5.88 Å². The van der Waals surface area contributed by atoms with Gasteiger partial charge >= 0.3 is 0 Å². The Bertz CT molecular complexity index is 289. The zero-order valence-electron chi connectivity index (χ0n) is 9.00. The van der Waals surface area contributed by atoms with Gasteiger partial charge in [0.15, 0.2) is 0 Å². The van der Waals surface area contributed by atoms with E-state index in [0.717, 1.165) is 5.56 Å². The van der Waals surface area contributed by atoms with Crippen LogP contribution in [0, 0.1) is 0 Å². The van der Waals surface area contributed by atoms with E-state index in [1.165, 1.54) is 13.2 Å². The predicted octanol–water partition coefficient (Wildman–Crippen LogP) is 2.71. The van der Waals surface area contributed by atoms with Crippen molar-refractivity contribution in [1.82, 2.24) is 5.16 Å². The van der Waals surface area contributed by atoms with Crippen molar-refractivity contribution < 1.29 is 13.7 Å². The fourth-order valence-corrected chi connectivity index (χ4v) is 1.02. The van der Waals surface area contributed by atoms with Gasteiger partial charge in [0.25, 0.3) is 5.88 Å². The molecule has 0 bridgehead atoms. The number of rotatable bonds is 3. The topological polar surface area (TPSA) is 35.3 Å². The van der Waals surface area contributed by atoms with Crippen LogP contribution in [0.2, 0.25) is 0 Å². The Balaban J connectivity index is 2.73. The molecule has 0 aliphatic heterocycles. The van der Waals surface area contributed by atoms with Crippen LogP contribution in [0.5, 0.6) is 5.88 Å². The molecule has 0 amide bonds. The lowest BCUT2D eigenvalue weighted by molar-refractivity contribution is 0.193. The molecule has 3 nitrogen and oxygen atoms in total. The molecule has 0 aliphatic rings. The lowest BCUT2D eigenvalue weighted by Crippen LogP contribution is -2.15. The maximum absolute atomic E-state index is 12.5. The fourth-order valence-electron chi connectivity index (χ4n) is 1.02. The summed E-state index contributed by atoms with van der Waals surface area (Å²) < 4.78 is 22.5. The molecule has 0 radical (unpaired) electrons. The van der Waals surface area contributed by atoms with Gasteiger partial charge in [-0.1, -0.05) is 20.8 Å². The quantitative estimate of drug-likeness (QED) is 0.754. The number of ether oxygens (including phenoxy) is 1. The Morgan fingerprint density at radius 1 is 1.57 bits per heavy atom. The minimum absolute atomic E-state index is 0.00954. The molecule has 1 unspecified atom stereocenters. The van der Waals surface area contributed by atoms with Crippen LogP contribution in [-0.4, -0.2) is 17.9 Å². The van der Waals surface area contributed by atoms with Crippen LogP contribution in [0.1, 0.15) is 33.3 Å². The van der Waals surface area contributed by atoms with Crippen LogP contribution in [0.3, 0.4) is 0 Å². The lowest BCUT2D eigenvalue weighted by atomic mass is 9.89. The average molecular weight is 201 g/mol. The van der Waals surface area contributed by atoms with Gasteiger partial charge in [-0.05, 0) is 17.5 Å². The van der Waals surface area contributed by atoms with Gasteiger partial charge < -0.3 is 9.26 Å². The fraction of sp³-hybridized carbons (Fsp3) is 0.700. The summed E-state index contributed by atoms with van der Waals surface area (Å²) >= 11 is 0. The van der Waals surface area contributed by atoms with Crippen molar-refractivity contribution in [3.8, 4) is 5.88 Å². The number of alkyl halides is 1. The summed E-state index contributed by atoms with van der Waals surface area (Å²) in [5.74, 6) is 0.391. The van der Waals surface area contributed by atoms with E-state index >= 15 is 0 Å². The molecule has 0 aliphatic carbocycles. The minimum atomic E-state index is -1.00. The van der Waals surface area contributed by atoms with E-state index in [-0.39, 0.29) is 12.0 Å².